The van der Waals surface area contributed by atoms with Gasteiger partial charge in [0, 0.05) is 47.0 Å². The Kier molecular flexibility index (Phi) is 9.20. The third-order valence-corrected chi connectivity index (χ3v) is 7.84. The summed E-state index contributed by atoms with van der Waals surface area (Å²) in [6.45, 7) is 1.02. The molecule has 2 heterocycles. The summed E-state index contributed by atoms with van der Waals surface area (Å²) in [4.78, 5) is 6.41. The molecule has 0 saturated carbocycles. The molecule has 1 fully saturated rings. The van der Waals surface area contributed by atoms with E-state index in [9.17, 15) is 22.7 Å². The summed E-state index contributed by atoms with van der Waals surface area (Å²) in [6.07, 6.45) is 2.47. The van der Waals surface area contributed by atoms with E-state index in [2.05, 4.69) is 9.88 Å². The van der Waals surface area contributed by atoms with E-state index in [1.165, 1.54) is 13.3 Å². The number of fused-ring (bicyclic) bond motifs is 1. The predicted octanol–water partition coefficient (Wildman–Crippen LogP) is 6.63. The van der Waals surface area contributed by atoms with Gasteiger partial charge in [0.1, 0.15) is 36.0 Å². The van der Waals surface area contributed by atoms with Crippen molar-refractivity contribution in [2.45, 2.75) is 51.4 Å². The Balaban J connectivity index is 1.35. The van der Waals surface area contributed by atoms with Gasteiger partial charge in [0.2, 0.25) is 0 Å². The highest BCUT2D eigenvalue weighted by Crippen LogP contribution is 2.41. The van der Waals surface area contributed by atoms with Crippen LogP contribution in [-0.2, 0) is 13.1 Å². The average molecular weight is 537 g/mol. The number of benzene rings is 2. The lowest BCUT2D eigenvalue weighted by Crippen LogP contribution is -2.42. The third kappa shape index (κ3) is 6.26. The molecule has 38 heavy (non-hydrogen) atoms. The van der Waals surface area contributed by atoms with E-state index in [0.717, 1.165) is 0 Å². The van der Waals surface area contributed by atoms with E-state index < -0.39 is 35.7 Å². The minimum absolute atomic E-state index is 0.0829. The van der Waals surface area contributed by atoms with Gasteiger partial charge in [-0.3, -0.25) is 4.98 Å². The number of pyridine rings is 1. The van der Waals surface area contributed by atoms with Gasteiger partial charge >= 0.3 is 0 Å². The number of likely N-dealkylation sites (tertiary alicyclic amines) is 1. The van der Waals surface area contributed by atoms with E-state index >= 15 is 4.39 Å². The monoisotopic (exact) mass is 536 g/mol. The number of halogens is 5. The van der Waals surface area contributed by atoms with Crippen LogP contribution in [0.4, 0.5) is 22.0 Å². The van der Waals surface area contributed by atoms with Crippen LogP contribution in [0.2, 0.25) is 0 Å². The molecule has 206 valence electrons. The largest absolute Gasteiger partial charge is 0.497 e. The average Bonchev–Trinajstić information content (AvgIpc) is 2.92. The lowest BCUT2D eigenvalue weighted by Gasteiger charge is -2.41. The van der Waals surface area contributed by atoms with Crippen molar-refractivity contribution >= 4 is 10.9 Å². The second-order valence-corrected chi connectivity index (χ2v) is 10.2. The van der Waals surface area contributed by atoms with Crippen molar-refractivity contribution in [3.63, 3.8) is 0 Å². The Hall–Kier alpha value is -2.78. The maximum absolute atomic E-state index is 15.7. The summed E-state index contributed by atoms with van der Waals surface area (Å²) < 4.78 is 75.6. The Morgan fingerprint density at radius 3 is 2.45 bits per heavy atom. The van der Waals surface area contributed by atoms with Crippen LogP contribution < -0.4 is 4.74 Å². The maximum atomic E-state index is 15.7. The zero-order valence-electron chi connectivity index (χ0n) is 21.5. The predicted molar refractivity (Wildman–Crippen MR) is 136 cm³/mol. The molecule has 0 spiro atoms. The Morgan fingerprint density at radius 1 is 1.11 bits per heavy atom. The van der Waals surface area contributed by atoms with E-state index in [-0.39, 0.29) is 36.1 Å². The molecule has 0 unspecified atom stereocenters. The van der Waals surface area contributed by atoms with Crippen molar-refractivity contribution in [1.29, 1.82) is 0 Å². The molecule has 1 aliphatic rings. The van der Waals surface area contributed by atoms with E-state index in [0.29, 0.717) is 74.1 Å². The molecular weight excluding hydrogens is 503 g/mol. The minimum Gasteiger partial charge on any atom is -0.497 e. The van der Waals surface area contributed by atoms with Gasteiger partial charge in [-0.15, -0.1) is 0 Å². The van der Waals surface area contributed by atoms with Crippen molar-refractivity contribution in [3.05, 3.63) is 70.7 Å². The molecule has 3 aromatic rings. The summed E-state index contributed by atoms with van der Waals surface area (Å²) >= 11 is 0. The number of nitrogens with zero attached hydrogens (tertiary/aromatic N) is 2. The molecule has 9 heteroatoms. The molecule has 0 aliphatic carbocycles. The number of aliphatic hydroxyl groups is 1. The fraction of sp³-hybridized carbons (Fsp3) is 0.483. The second-order valence-electron chi connectivity index (χ2n) is 10.2. The first-order valence-electron chi connectivity index (χ1n) is 12.9. The first-order valence-corrected chi connectivity index (χ1v) is 12.9. The van der Waals surface area contributed by atoms with E-state index in [1.54, 1.807) is 18.2 Å². The van der Waals surface area contributed by atoms with Crippen LogP contribution in [0.15, 0.2) is 36.5 Å². The Bertz CT molecular complexity index is 1220. The number of alkyl halides is 2. The fourth-order valence-corrected chi connectivity index (χ4v) is 5.44. The molecule has 2 aromatic carbocycles. The normalized spacial score (nSPS) is 16.6. The summed E-state index contributed by atoms with van der Waals surface area (Å²) in [5.41, 5.74) is 0.483. The number of aliphatic hydroxyl groups excluding tert-OH is 1. The first kappa shape index (κ1) is 28.2. The number of hydrogen-bond acceptors (Lipinski definition) is 4. The fourth-order valence-electron chi connectivity index (χ4n) is 5.44. The SMILES string of the molecule is COc1ccc2ncc(CF)c([C@@H](F)CCC3(CO)CCN(CCCc4c(F)cc(F)cc4F)CC3)c2c1. The summed E-state index contributed by atoms with van der Waals surface area (Å²) in [6, 6.07) is 6.50. The molecule has 4 nitrogen and oxygen atoms in total. The minimum atomic E-state index is -1.43. The zero-order valence-corrected chi connectivity index (χ0v) is 21.5. The first-order chi connectivity index (χ1) is 18.3. The van der Waals surface area contributed by atoms with Crippen molar-refractivity contribution in [2.75, 3.05) is 33.4 Å². The van der Waals surface area contributed by atoms with Crippen LogP contribution in [0.3, 0.4) is 0 Å². The topological polar surface area (TPSA) is 45.6 Å². The number of methoxy groups -OCH3 is 1. The van der Waals surface area contributed by atoms with Crippen LogP contribution in [-0.4, -0.2) is 48.3 Å². The molecule has 1 aliphatic heterocycles. The van der Waals surface area contributed by atoms with Crippen molar-refractivity contribution in [1.82, 2.24) is 9.88 Å². The Labute approximate surface area is 219 Å². The highest BCUT2D eigenvalue weighted by atomic mass is 19.2. The molecular formula is C29H33F5N2O2. The summed E-state index contributed by atoms with van der Waals surface area (Å²) in [5, 5.41) is 10.7. The van der Waals surface area contributed by atoms with Gasteiger partial charge in [-0.05, 0) is 81.8 Å². The van der Waals surface area contributed by atoms with Crippen molar-refractivity contribution in [2.24, 2.45) is 5.41 Å². The van der Waals surface area contributed by atoms with Gasteiger partial charge in [-0.1, -0.05) is 0 Å². The number of aromatic nitrogens is 1. The van der Waals surface area contributed by atoms with Gasteiger partial charge < -0.3 is 14.7 Å². The highest BCUT2D eigenvalue weighted by Gasteiger charge is 2.35. The molecule has 1 aromatic heterocycles. The smallest absolute Gasteiger partial charge is 0.132 e. The van der Waals surface area contributed by atoms with E-state index in [1.807, 2.05) is 0 Å². The molecule has 1 N–H and O–H groups in total. The van der Waals surface area contributed by atoms with Crippen LogP contribution >= 0.6 is 0 Å². The third-order valence-electron chi connectivity index (χ3n) is 7.84. The number of piperidine rings is 1. The lowest BCUT2D eigenvalue weighted by atomic mass is 9.74. The number of hydrogen-bond donors (Lipinski definition) is 1. The molecule has 0 bridgehead atoms. The van der Waals surface area contributed by atoms with Crippen molar-refractivity contribution < 1.29 is 31.8 Å². The van der Waals surface area contributed by atoms with Gasteiger partial charge in [0.05, 0.1) is 12.6 Å². The van der Waals surface area contributed by atoms with Crippen LogP contribution in [0, 0.1) is 22.9 Å². The maximum Gasteiger partial charge on any atom is 0.132 e. The van der Waals surface area contributed by atoms with Gasteiger partial charge in [0.25, 0.3) is 0 Å². The molecule has 0 amide bonds. The standard InChI is InChI=1S/C29H33F5N2O2/c1-38-21-4-5-27-23(15-21)28(19(16-30)17-35-27)24(32)6-7-29(18-37)8-11-36(12-9-29)10-2-3-22-25(33)13-20(31)14-26(22)34/h4-5,13-15,17,24,37H,2-3,6-12,16,18H2,1H3/t24-/m0/s1. The van der Waals surface area contributed by atoms with Gasteiger partial charge in [-0.25, -0.2) is 22.0 Å². The summed E-state index contributed by atoms with van der Waals surface area (Å²) in [5.74, 6) is -2.16. The Morgan fingerprint density at radius 2 is 1.82 bits per heavy atom. The highest BCUT2D eigenvalue weighted by molar-refractivity contribution is 5.85. The van der Waals surface area contributed by atoms with Gasteiger partial charge in [-0.2, -0.15) is 0 Å². The van der Waals surface area contributed by atoms with Crippen LogP contribution in [0.5, 0.6) is 5.75 Å². The molecule has 0 radical (unpaired) electrons. The number of ether oxygens (including phenoxy) is 1. The quantitative estimate of drug-likeness (QED) is 0.280. The van der Waals surface area contributed by atoms with Gasteiger partial charge in [0.15, 0.2) is 0 Å². The number of rotatable bonds is 11. The van der Waals surface area contributed by atoms with Crippen LogP contribution in [0.25, 0.3) is 10.9 Å². The van der Waals surface area contributed by atoms with Crippen LogP contribution in [0.1, 0.15) is 55.0 Å². The summed E-state index contributed by atoms with van der Waals surface area (Å²) in [7, 11) is 1.51. The molecule has 1 saturated heterocycles. The lowest BCUT2D eigenvalue weighted by molar-refractivity contribution is 0.0299. The molecule has 4 rings (SSSR count). The second kappa shape index (κ2) is 12.4. The molecule has 1 atom stereocenters. The van der Waals surface area contributed by atoms with E-state index in [4.69, 9.17) is 4.74 Å². The zero-order chi connectivity index (χ0) is 27.3. The van der Waals surface area contributed by atoms with Crippen molar-refractivity contribution in [3.8, 4) is 5.75 Å².